The Bertz CT molecular complexity index is 1210. The Morgan fingerprint density at radius 3 is 2.43 bits per heavy atom. The van der Waals surface area contributed by atoms with E-state index in [1.54, 1.807) is 61.1 Å². The SMILES string of the molecule is COc1ccc2c(c1)c(CC(=O)OCCSSCCO[N+](=O)[O-])c(C)n2C(=O)c1ccc(Cl)cc1. The number of esters is 1. The summed E-state index contributed by atoms with van der Waals surface area (Å²) in [5.41, 5.74) is 2.46. The monoisotopic (exact) mass is 538 g/mol. The Morgan fingerprint density at radius 2 is 1.77 bits per heavy atom. The smallest absolute Gasteiger partial charge is 0.310 e. The molecule has 0 spiro atoms. The van der Waals surface area contributed by atoms with Crippen LogP contribution in [0, 0.1) is 17.0 Å². The van der Waals surface area contributed by atoms with Gasteiger partial charge < -0.3 is 14.3 Å². The molecule has 3 rings (SSSR count). The highest BCUT2D eigenvalue weighted by Gasteiger charge is 2.22. The number of hydrogen-bond donors (Lipinski definition) is 0. The molecular formula is C23H23ClN2O7S2. The average Bonchev–Trinajstić information content (AvgIpc) is 3.10. The minimum Gasteiger partial charge on any atom is -0.497 e. The molecule has 0 aliphatic rings. The third-order valence-electron chi connectivity index (χ3n) is 5.03. The van der Waals surface area contributed by atoms with E-state index < -0.39 is 11.1 Å². The average molecular weight is 539 g/mol. The zero-order valence-electron chi connectivity index (χ0n) is 19.0. The summed E-state index contributed by atoms with van der Waals surface area (Å²) in [6.45, 7) is 1.99. The van der Waals surface area contributed by atoms with E-state index in [9.17, 15) is 19.7 Å². The molecule has 12 heteroatoms. The maximum atomic E-state index is 13.3. The first-order chi connectivity index (χ1) is 16.8. The van der Waals surface area contributed by atoms with Gasteiger partial charge in [0, 0.05) is 33.2 Å². The van der Waals surface area contributed by atoms with E-state index in [0.29, 0.717) is 44.6 Å². The third kappa shape index (κ3) is 7.06. The van der Waals surface area contributed by atoms with Crippen LogP contribution in [0.3, 0.4) is 0 Å². The van der Waals surface area contributed by atoms with Crippen LogP contribution in [0.4, 0.5) is 0 Å². The summed E-state index contributed by atoms with van der Waals surface area (Å²) >= 11 is 5.96. The van der Waals surface area contributed by atoms with E-state index in [0.717, 1.165) is 5.39 Å². The molecule has 0 atom stereocenters. The molecule has 0 N–H and O–H groups in total. The number of fused-ring (bicyclic) bond motifs is 1. The summed E-state index contributed by atoms with van der Waals surface area (Å²) < 4.78 is 12.3. The molecule has 186 valence electrons. The highest BCUT2D eigenvalue weighted by molar-refractivity contribution is 8.76. The number of methoxy groups -OCH3 is 1. The van der Waals surface area contributed by atoms with Crippen LogP contribution in [0.1, 0.15) is 21.6 Å². The number of hydrogen-bond acceptors (Lipinski definition) is 9. The van der Waals surface area contributed by atoms with Crippen molar-refractivity contribution in [3.8, 4) is 5.75 Å². The predicted octanol–water partition coefficient (Wildman–Crippen LogP) is 4.98. The number of halogens is 1. The van der Waals surface area contributed by atoms with Crippen molar-refractivity contribution in [3.63, 3.8) is 0 Å². The fraction of sp³-hybridized carbons (Fsp3) is 0.304. The lowest BCUT2D eigenvalue weighted by Crippen LogP contribution is -2.15. The van der Waals surface area contributed by atoms with Crippen LogP contribution >= 0.6 is 33.2 Å². The van der Waals surface area contributed by atoms with E-state index in [1.807, 2.05) is 0 Å². The van der Waals surface area contributed by atoms with Crippen LogP contribution in [-0.4, -0.2) is 53.4 Å². The van der Waals surface area contributed by atoms with Crippen LogP contribution in [0.2, 0.25) is 5.02 Å². The number of carbonyl (C=O) groups is 2. The Kier molecular flexibility index (Phi) is 9.70. The number of rotatable bonds is 12. The van der Waals surface area contributed by atoms with Gasteiger partial charge in [-0.05, 0) is 55.0 Å². The lowest BCUT2D eigenvalue weighted by molar-refractivity contribution is -0.756. The molecule has 9 nitrogen and oxygen atoms in total. The number of carbonyl (C=O) groups excluding carboxylic acids is 2. The molecule has 0 aliphatic carbocycles. The van der Waals surface area contributed by atoms with Crippen molar-refractivity contribution < 1.29 is 29.0 Å². The van der Waals surface area contributed by atoms with Gasteiger partial charge in [-0.25, -0.2) is 0 Å². The van der Waals surface area contributed by atoms with Gasteiger partial charge in [-0.3, -0.25) is 14.2 Å². The second-order valence-corrected chi connectivity index (χ2v) is 10.3. The van der Waals surface area contributed by atoms with Crippen LogP contribution in [0.25, 0.3) is 10.9 Å². The summed E-state index contributed by atoms with van der Waals surface area (Å²) in [4.78, 5) is 40.2. The first-order valence-corrected chi connectivity index (χ1v) is 13.3. The maximum Gasteiger partial charge on any atom is 0.310 e. The largest absolute Gasteiger partial charge is 0.497 e. The molecule has 2 aromatic carbocycles. The van der Waals surface area contributed by atoms with Crippen LogP contribution < -0.4 is 4.74 Å². The number of nitrogens with zero attached hydrogens (tertiary/aromatic N) is 2. The molecule has 0 aliphatic heterocycles. The van der Waals surface area contributed by atoms with Crippen molar-refractivity contribution in [3.05, 3.63) is 74.4 Å². The van der Waals surface area contributed by atoms with Crippen molar-refractivity contribution in [2.24, 2.45) is 0 Å². The molecule has 0 bridgehead atoms. The van der Waals surface area contributed by atoms with Crippen molar-refractivity contribution in [2.75, 3.05) is 31.8 Å². The highest BCUT2D eigenvalue weighted by atomic mass is 35.5. The fourth-order valence-corrected chi connectivity index (χ4v) is 5.22. The van der Waals surface area contributed by atoms with Crippen LogP contribution in [0.15, 0.2) is 42.5 Å². The highest BCUT2D eigenvalue weighted by Crippen LogP contribution is 2.31. The van der Waals surface area contributed by atoms with Gasteiger partial charge >= 0.3 is 5.97 Å². The normalized spacial score (nSPS) is 10.8. The third-order valence-corrected chi connectivity index (χ3v) is 7.62. The Hall–Kier alpha value is -2.89. The maximum absolute atomic E-state index is 13.3. The molecule has 0 radical (unpaired) electrons. The van der Waals surface area contributed by atoms with Gasteiger partial charge in [-0.2, -0.15) is 0 Å². The van der Waals surface area contributed by atoms with Crippen LogP contribution in [-0.2, 0) is 20.8 Å². The first-order valence-electron chi connectivity index (χ1n) is 10.5. The predicted molar refractivity (Wildman–Crippen MR) is 137 cm³/mol. The molecule has 0 unspecified atom stereocenters. The van der Waals surface area contributed by atoms with E-state index in [1.165, 1.54) is 21.6 Å². The van der Waals surface area contributed by atoms with Gasteiger partial charge in [-0.1, -0.05) is 33.2 Å². The minimum atomic E-state index is -0.829. The zero-order chi connectivity index (χ0) is 25.4. The van der Waals surface area contributed by atoms with Gasteiger partial charge in [0.05, 0.1) is 19.0 Å². The summed E-state index contributed by atoms with van der Waals surface area (Å²) in [7, 11) is 4.38. The summed E-state index contributed by atoms with van der Waals surface area (Å²) in [6, 6.07) is 12.0. The van der Waals surface area contributed by atoms with E-state index in [-0.39, 0.29) is 25.5 Å². The minimum absolute atomic E-state index is 0.00595. The van der Waals surface area contributed by atoms with E-state index in [2.05, 4.69) is 4.84 Å². The van der Waals surface area contributed by atoms with Crippen molar-refractivity contribution in [1.82, 2.24) is 4.57 Å². The van der Waals surface area contributed by atoms with Gasteiger partial charge in [0.15, 0.2) is 0 Å². The summed E-state index contributed by atoms with van der Waals surface area (Å²) in [5.74, 6) is 0.928. The number of benzene rings is 2. The lowest BCUT2D eigenvalue weighted by Gasteiger charge is -2.08. The fourth-order valence-electron chi connectivity index (χ4n) is 3.44. The molecule has 0 fully saturated rings. The zero-order valence-corrected chi connectivity index (χ0v) is 21.4. The van der Waals surface area contributed by atoms with Crippen molar-refractivity contribution in [2.45, 2.75) is 13.3 Å². The topological polar surface area (TPSA) is 110 Å². The second-order valence-electron chi connectivity index (χ2n) is 7.19. The Morgan fingerprint density at radius 1 is 1.09 bits per heavy atom. The molecule has 0 amide bonds. The van der Waals surface area contributed by atoms with Crippen molar-refractivity contribution >= 4 is 56.0 Å². The van der Waals surface area contributed by atoms with Gasteiger partial charge in [0.2, 0.25) is 0 Å². The van der Waals surface area contributed by atoms with Crippen molar-refractivity contribution in [1.29, 1.82) is 0 Å². The molecule has 0 saturated heterocycles. The molecule has 1 aromatic heterocycles. The standard InChI is InChI=1S/C23H23ClN2O7S2/c1-15-19(14-22(27)32-9-11-34-35-12-10-33-26(29)30)20-13-18(31-2)7-8-21(20)25(15)23(28)16-3-5-17(24)6-4-16/h3-8,13H,9-12,14H2,1-2H3. The molecule has 0 saturated carbocycles. The first kappa shape index (κ1) is 26.7. The molecule has 35 heavy (non-hydrogen) atoms. The molecule has 1 heterocycles. The summed E-state index contributed by atoms with van der Waals surface area (Å²) in [5, 5.41) is 10.5. The van der Waals surface area contributed by atoms with Gasteiger partial charge in [-0.15, -0.1) is 10.1 Å². The van der Waals surface area contributed by atoms with Crippen LogP contribution in [0.5, 0.6) is 5.75 Å². The molecular weight excluding hydrogens is 516 g/mol. The van der Waals surface area contributed by atoms with Gasteiger partial charge in [0.1, 0.15) is 19.0 Å². The molecule has 3 aromatic rings. The number of aromatic nitrogens is 1. The quantitative estimate of drug-likeness (QED) is 0.104. The van der Waals surface area contributed by atoms with Gasteiger partial charge in [0.25, 0.3) is 11.0 Å². The van der Waals surface area contributed by atoms with E-state index in [4.69, 9.17) is 21.1 Å². The second kappa shape index (κ2) is 12.7. The number of ether oxygens (including phenoxy) is 2. The lowest BCUT2D eigenvalue weighted by atomic mass is 10.1. The summed E-state index contributed by atoms with van der Waals surface area (Å²) in [6.07, 6.45) is -0.00904. The Labute approximate surface area is 214 Å². The Balaban J connectivity index is 1.71. The van der Waals surface area contributed by atoms with E-state index >= 15 is 0 Å².